The van der Waals surface area contributed by atoms with Crippen molar-refractivity contribution in [3.63, 3.8) is 0 Å². The molecule has 0 spiro atoms. The van der Waals surface area contributed by atoms with Crippen LogP contribution in [0.2, 0.25) is 0 Å². The largest absolute Gasteiger partial charge is 0.493 e. The summed E-state index contributed by atoms with van der Waals surface area (Å²) in [6, 6.07) is 17.4. The quantitative estimate of drug-likeness (QED) is 0.392. The molecule has 0 bridgehead atoms. The second kappa shape index (κ2) is 5.69. The molecule has 0 fully saturated rings. The van der Waals surface area contributed by atoms with Gasteiger partial charge in [-0.05, 0) is 11.6 Å². The summed E-state index contributed by atoms with van der Waals surface area (Å²) in [5, 5.41) is 25.8. The second-order valence-corrected chi connectivity index (χ2v) is 4.85. The van der Waals surface area contributed by atoms with E-state index in [-0.39, 0.29) is 5.88 Å². The van der Waals surface area contributed by atoms with E-state index in [0.29, 0.717) is 12.2 Å². The van der Waals surface area contributed by atoms with Gasteiger partial charge in [0.15, 0.2) is 5.69 Å². The molecule has 0 radical (unpaired) electrons. The molecule has 0 aliphatic heterocycles. The fourth-order valence-electron chi connectivity index (χ4n) is 2.40. The number of nitrogens with one attached hydrogen (secondary N) is 1. The van der Waals surface area contributed by atoms with Crippen molar-refractivity contribution in [3.8, 4) is 5.88 Å². The molecule has 0 aliphatic carbocycles. The van der Waals surface area contributed by atoms with Gasteiger partial charge in [0, 0.05) is 5.39 Å². The lowest BCUT2D eigenvalue weighted by Crippen LogP contribution is -2.03. The Morgan fingerprint density at radius 1 is 1.09 bits per heavy atom. The average Bonchev–Trinajstić information content (AvgIpc) is 2.79. The number of nitrogens with two attached hydrogens (primary N) is 1. The fraction of sp³-hybridized carbons (Fsp3) is 0.0625. The molecule has 2 aromatic carbocycles. The van der Waals surface area contributed by atoms with Crippen LogP contribution < -0.4 is 5.73 Å². The molecule has 3 aromatic rings. The minimum Gasteiger partial charge on any atom is -0.493 e. The zero-order valence-electron chi connectivity index (χ0n) is 11.8. The number of fused-ring (bicyclic) bond motifs is 1. The van der Waals surface area contributed by atoms with Crippen molar-refractivity contribution in [2.24, 2.45) is 16.0 Å². The molecule has 110 valence electrons. The Labute approximate surface area is 127 Å². The van der Waals surface area contributed by atoms with Crippen molar-refractivity contribution in [3.05, 3.63) is 60.2 Å². The number of azo groups is 1. The summed E-state index contributed by atoms with van der Waals surface area (Å²) in [5.41, 5.74) is 7.43. The van der Waals surface area contributed by atoms with Crippen molar-refractivity contribution >= 4 is 22.5 Å². The van der Waals surface area contributed by atoms with Gasteiger partial charge < -0.3 is 15.4 Å². The number of hydrogen-bond donors (Lipinski definition) is 3. The van der Waals surface area contributed by atoms with Crippen molar-refractivity contribution in [2.75, 3.05) is 0 Å². The highest BCUT2D eigenvalue weighted by Crippen LogP contribution is 2.39. The molecular formula is C16H15N5O. The summed E-state index contributed by atoms with van der Waals surface area (Å²) in [4.78, 5) is 0. The van der Waals surface area contributed by atoms with E-state index in [1.807, 2.05) is 54.6 Å². The van der Waals surface area contributed by atoms with Gasteiger partial charge in [-0.1, -0.05) is 48.5 Å². The van der Waals surface area contributed by atoms with Gasteiger partial charge in [0.2, 0.25) is 11.8 Å². The Morgan fingerprint density at radius 2 is 1.77 bits per heavy atom. The van der Waals surface area contributed by atoms with Gasteiger partial charge in [0.1, 0.15) is 0 Å². The minimum absolute atomic E-state index is 0.00931. The summed E-state index contributed by atoms with van der Waals surface area (Å²) >= 11 is 0. The highest BCUT2D eigenvalue weighted by Gasteiger charge is 2.16. The molecule has 0 unspecified atom stereocenters. The van der Waals surface area contributed by atoms with Crippen molar-refractivity contribution in [2.45, 2.75) is 6.54 Å². The predicted molar refractivity (Wildman–Crippen MR) is 85.6 cm³/mol. The van der Waals surface area contributed by atoms with E-state index in [1.165, 1.54) is 0 Å². The highest BCUT2D eigenvalue weighted by molar-refractivity contribution is 5.95. The Bertz CT molecular complexity index is 852. The molecule has 4 N–H and O–H groups in total. The van der Waals surface area contributed by atoms with Gasteiger partial charge in [0.05, 0.1) is 12.1 Å². The first-order chi connectivity index (χ1) is 10.7. The van der Waals surface area contributed by atoms with E-state index in [2.05, 4.69) is 10.2 Å². The summed E-state index contributed by atoms with van der Waals surface area (Å²) in [7, 11) is 0. The molecule has 6 nitrogen and oxygen atoms in total. The number of nitrogens with zero attached hydrogens (tertiary/aromatic N) is 3. The number of aromatic hydroxyl groups is 1. The van der Waals surface area contributed by atoms with Gasteiger partial charge in [0.25, 0.3) is 0 Å². The maximum Gasteiger partial charge on any atom is 0.232 e. The van der Waals surface area contributed by atoms with Crippen molar-refractivity contribution in [1.29, 1.82) is 5.41 Å². The first kappa shape index (κ1) is 13.8. The van der Waals surface area contributed by atoms with Gasteiger partial charge in [-0.3, -0.25) is 5.41 Å². The Hall–Kier alpha value is -3.15. The molecule has 0 saturated carbocycles. The topological polar surface area (TPSA) is 99.8 Å². The maximum atomic E-state index is 10.5. The molecule has 0 aliphatic rings. The van der Waals surface area contributed by atoms with Crippen LogP contribution in [0.1, 0.15) is 5.56 Å². The minimum atomic E-state index is -0.403. The molecule has 0 atom stereocenters. The average molecular weight is 293 g/mol. The zero-order valence-corrected chi connectivity index (χ0v) is 11.8. The lowest BCUT2D eigenvalue weighted by Gasteiger charge is -2.06. The first-order valence-electron chi connectivity index (χ1n) is 6.76. The van der Waals surface area contributed by atoms with Crippen LogP contribution >= 0.6 is 0 Å². The molecule has 0 amide bonds. The Balaban J connectivity index is 2.14. The number of rotatable bonds is 3. The van der Waals surface area contributed by atoms with Crippen LogP contribution in [0.3, 0.4) is 0 Å². The van der Waals surface area contributed by atoms with E-state index in [9.17, 15) is 5.11 Å². The lowest BCUT2D eigenvalue weighted by atomic mass is 10.2. The van der Waals surface area contributed by atoms with Gasteiger partial charge in [-0.25, -0.2) is 0 Å². The zero-order chi connectivity index (χ0) is 15.5. The number of hydrogen-bond acceptors (Lipinski definition) is 3. The van der Waals surface area contributed by atoms with E-state index in [0.717, 1.165) is 16.5 Å². The third-order valence-corrected chi connectivity index (χ3v) is 3.36. The van der Waals surface area contributed by atoms with Gasteiger partial charge in [-0.2, -0.15) is 0 Å². The van der Waals surface area contributed by atoms with Crippen LogP contribution in [0.15, 0.2) is 64.8 Å². The van der Waals surface area contributed by atoms with Crippen LogP contribution in [-0.4, -0.2) is 15.6 Å². The Kier molecular flexibility index (Phi) is 3.57. The van der Waals surface area contributed by atoms with E-state index >= 15 is 0 Å². The molecule has 1 heterocycles. The van der Waals surface area contributed by atoms with Gasteiger partial charge >= 0.3 is 0 Å². The molecule has 3 rings (SSSR count). The second-order valence-electron chi connectivity index (χ2n) is 4.85. The van der Waals surface area contributed by atoms with Crippen LogP contribution in [-0.2, 0) is 6.54 Å². The lowest BCUT2D eigenvalue weighted by molar-refractivity contribution is 0.429. The van der Waals surface area contributed by atoms with Crippen molar-refractivity contribution < 1.29 is 5.11 Å². The van der Waals surface area contributed by atoms with Crippen LogP contribution in [0.5, 0.6) is 5.88 Å². The highest BCUT2D eigenvalue weighted by atomic mass is 16.3. The van der Waals surface area contributed by atoms with Crippen LogP contribution in [0.25, 0.3) is 10.9 Å². The molecule has 22 heavy (non-hydrogen) atoms. The fourth-order valence-corrected chi connectivity index (χ4v) is 2.40. The van der Waals surface area contributed by atoms with E-state index < -0.39 is 5.96 Å². The normalized spacial score (nSPS) is 11.3. The number of para-hydroxylation sites is 1. The summed E-state index contributed by atoms with van der Waals surface area (Å²) in [5.74, 6) is -0.394. The predicted octanol–water partition coefficient (Wildman–Crippen LogP) is 3.37. The smallest absolute Gasteiger partial charge is 0.232 e. The number of aromatic nitrogens is 1. The molecular weight excluding hydrogens is 278 g/mol. The Morgan fingerprint density at radius 3 is 2.50 bits per heavy atom. The van der Waals surface area contributed by atoms with Gasteiger partial charge in [-0.15, -0.1) is 10.2 Å². The third kappa shape index (κ3) is 2.54. The molecule has 1 aromatic heterocycles. The first-order valence-corrected chi connectivity index (χ1v) is 6.76. The third-order valence-electron chi connectivity index (χ3n) is 3.36. The summed E-state index contributed by atoms with van der Waals surface area (Å²) in [6.07, 6.45) is 0. The van der Waals surface area contributed by atoms with Crippen LogP contribution in [0.4, 0.5) is 5.69 Å². The van der Waals surface area contributed by atoms with E-state index in [4.69, 9.17) is 11.1 Å². The number of benzene rings is 2. The van der Waals surface area contributed by atoms with Crippen molar-refractivity contribution in [1.82, 2.24) is 4.57 Å². The van der Waals surface area contributed by atoms with Crippen LogP contribution in [0, 0.1) is 5.41 Å². The SMILES string of the molecule is N=C(N)N=Nc1c(O)n(Cc2ccccc2)c2ccccc12. The number of guanidine groups is 1. The maximum absolute atomic E-state index is 10.5. The molecule has 0 saturated heterocycles. The van der Waals surface area contributed by atoms with E-state index in [1.54, 1.807) is 4.57 Å². The summed E-state index contributed by atoms with van der Waals surface area (Å²) in [6.45, 7) is 0.517. The summed E-state index contributed by atoms with van der Waals surface area (Å²) < 4.78 is 1.76. The molecule has 6 heteroatoms. The monoisotopic (exact) mass is 293 g/mol. The standard InChI is InChI=1S/C16H15N5O/c17-16(18)20-19-14-12-8-4-5-9-13(12)21(15(14)22)10-11-6-2-1-3-7-11/h1-9,22H,10H2,(H3,17,18).